The van der Waals surface area contributed by atoms with Gasteiger partial charge >= 0.3 is 5.97 Å². The average Bonchev–Trinajstić information content (AvgIpc) is 2.69. The van der Waals surface area contributed by atoms with Crippen molar-refractivity contribution in [2.45, 2.75) is 72.5 Å². The molecule has 1 aromatic rings. The third-order valence-corrected chi connectivity index (χ3v) is 6.30. The standard InChI is InChI=1S/C23H32N2O6/c1-14(2)21-22(27)24(18-12-16(25(28)29)8-11-19(18)31-21)13-20(26)30-17-9-6-15(7-10-17)23(3,4)5/h8,11-12,14-15,17,21H,6-7,9-10,13H2,1-5H3. The maximum absolute atomic E-state index is 13.0. The Kier molecular flexibility index (Phi) is 6.57. The number of esters is 1. The van der Waals surface area contributed by atoms with E-state index < -0.39 is 22.9 Å². The molecule has 0 bridgehead atoms. The van der Waals surface area contributed by atoms with E-state index in [2.05, 4.69) is 20.8 Å². The van der Waals surface area contributed by atoms with Crippen LogP contribution in [0.2, 0.25) is 0 Å². The van der Waals surface area contributed by atoms with Gasteiger partial charge in [0.1, 0.15) is 18.4 Å². The summed E-state index contributed by atoms with van der Waals surface area (Å²) in [6.07, 6.45) is 2.70. The van der Waals surface area contributed by atoms with Gasteiger partial charge in [0.05, 0.1) is 10.6 Å². The van der Waals surface area contributed by atoms with Crippen molar-refractivity contribution in [3.63, 3.8) is 0 Å². The summed E-state index contributed by atoms with van der Waals surface area (Å²) in [7, 11) is 0. The van der Waals surface area contributed by atoms with Crippen molar-refractivity contribution < 1.29 is 24.0 Å². The second-order valence-corrected chi connectivity index (χ2v) is 9.95. The minimum atomic E-state index is -0.760. The van der Waals surface area contributed by atoms with E-state index in [9.17, 15) is 19.7 Å². The van der Waals surface area contributed by atoms with Crippen molar-refractivity contribution >= 4 is 23.3 Å². The van der Waals surface area contributed by atoms with E-state index in [0.29, 0.717) is 11.7 Å². The van der Waals surface area contributed by atoms with E-state index in [1.807, 2.05) is 13.8 Å². The molecule has 0 N–H and O–H groups in total. The first-order chi connectivity index (χ1) is 14.5. The Morgan fingerprint density at radius 1 is 1.26 bits per heavy atom. The van der Waals surface area contributed by atoms with Crippen LogP contribution < -0.4 is 9.64 Å². The molecule has 1 aromatic carbocycles. The van der Waals surface area contributed by atoms with Crippen LogP contribution in [0.4, 0.5) is 11.4 Å². The molecule has 31 heavy (non-hydrogen) atoms. The maximum Gasteiger partial charge on any atom is 0.326 e. The van der Waals surface area contributed by atoms with Gasteiger partial charge in [-0.15, -0.1) is 0 Å². The van der Waals surface area contributed by atoms with Crippen molar-refractivity contribution in [1.82, 2.24) is 0 Å². The minimum Gasteiger partial charge on any atom is -0.478 e. The lowest BCUT2D eigenvalue weighted by molar-refractivity contribution is -0.384. The van der Waals surface area contributed by atoms with Gasteiger partial charge in [-0.25, -0.2) is 0 Å². The number of nitro benzene ring substituents is 1. The summed E-state index contributed by atoms with van der Waals surface area (Å²) >= 11 is 0. The molecule has 1 aliphatic heterocycles. The van der Waals surface area contributed by atoms with Gasteiger partial charge in [-0.05, 0) is 49.0 Å². The number of rotatable bonds is 5. The Balaban J connectivity index is 1.73. The van der Waals surface area contributed by atoms with Crippen LogP contribution in [0.25, 0.3) is 0 Å². The summed E-state index contributed by atoms with van der Waals surface area (Å²) in [5.41, 5.74) is 0.293. The molecule has 1 saturated carbocycles. The fraction of sp³-hybridized carbons (Fsp3) is 0.652. The fourth-order valence-electron chi connectivity index (χ4n) is 4.37. The number of hydrogen-bond donors (Lipinski definition) is 0. The monoisotopic (exact) mass is 432 g/mol. The number of hydrogen-bond acceptors (Lipinski definition) is 6. The molecular weight excluding hydrogens is 400 g/mol. The fourth-order valence-corrected chi connectivity index (χ4v) is 4.37. The number of non-ortho nitro benzene ring substituents is 1. The lowest BCUT2D eigenvalue weighted by Gasteiger charge is -2.37. The smallest absolute Gasteiger partial charge is 0.326 e. The van der Waals surface area contributed by atoms with Crippen LogP contribution in [-0.4, -0.2) is 35.6 Å². The summed E-state index contributed by atoms with van der Waals surface area (Å²) in [4.78, 5) is 37.7. The molecule has 170 valence electrons. The van der Waals surface area contributed by atoms with Crippen LogP contribution >= 0.6 is 0 Å². The highest BCUT2D eigenvalue weighted by Gasteiger charge is 2.39. The first-order valence-corrected chi connectivity index (χ1v) is 10.9. The Bertz CT molecular complexity index is 852. The first-order valence-electron chi connectivity index (χ1n) is 10.9. The van der Waals surface area contributed by atoms with Gasteiger partial charge in [-0.1, -0.05) is 34.6 Å². The maximum atomic E-state index is 13.0. The number of nitro groups is 1. The van der Waals surface area contributed by atoms with Crippen molar-refractivity contribution in [2.24, 2.45) is 17.3 Å². The molecule has 0 radical (unpaired) electrons. The quantitative estimate of drug-likeness (QED) is 0.386. The zero-order valence-corrected chi connectivity index (χ0v) is 18.9. The van der Waals surface area contributed by atoms with E-state index in [1.165, 1.54) is 23.1 Å². The Morgan fingerprint density at radius 3 is 2.45 bits per heavy atom. The average molecular weight is 433 g/mol. The third-order valence-electron chi connectivity index (χ3n) is 6.30. The van der Waals surface area contributed by atoms with Gasteiger partial charge in [0.15, 0.2) is 6.10 Å². The number of anilines is 1. The zero-order chi connectivity index (χ0) is 22.9. The number of benzene rings is 1. The second-order valence-electron chi connectivity index (χ2n) is 9.95. The second kappa shape index (κ2) is 8.85. The molecule has 1 heterocycles. The summed E-state index contributed by atoms with van der Waals surface area (Å²) < 4.78 is 11.5. The molecule has 3 rings (SSSR count). The normalized spacial score (nSPS) is 23.9. The number of amides is 1. The molecule has 1 fully saturated rings. The first kappa shape index (κ1) is 23.0. The van der Waals surface area contributed by atoms with Gasteiger partial charge in [0.2, 0.25) is 0 Å². The van der Waals surface area contributed by atoms with Gasteiger partial charge in [-0.2, -0.15) is 0 Å². The lowest BCUT2D eigenvalue weighted by atomic mass is 9.72. The third kappa shape index (κ3) is 5.17. The highest BCUT2D eigenvalue weighted by Crippen LogP contribution is 2.40. The molecule has 0 spiro atoms. The van der Waals surface area contributed by atoms with Crippen LogP contribution in [0.15, 0.2) is 18.2 Å². The lowest BCUT2D eigenvalue weighted by Crippen LogP contribution is -2.50. The molecule has 1 atom stereocenters. The number of carbonyl (C=O) groups is 2. The molecule has 1 unspecified atom stereocenters. The molecule has 8 nitrogen and oxygen atoms in total. The molecule has 0 aromatic heterocycles. The van der Waals surface area contributed by atoms with Gasteiger partial charge < -0.3 is 9.47 Å². The number of fused-ring (bicyclic) bond motifs is 1. The Labute approximate surface area is 183 Å². The van der Waals surface area contributed by atoms with Gasteiger partial charge in [-0.3, -0.25) is 24.6 Å². The summed E-state index contributed by atoms with van der Waals surface area (Å²) in [6.45, 7) is 10.1. The summed E-state index contributed by atoms with van der Waals surface area (Å²) in [5, 5.41) is 11.2. The molecule has 1 amide bonds. The predicted molar refractivity (Wildman–Crippen MR) is 116 cm³/mol. The van der Waals surface area contributed by atoms with E-state index in [1.54, 1.807) is 0 Å². The largest absolute Gasteiger partial charge is 0.478 e. The molecule has 8 heteroatoms. The van der Waals surface area contributed by atoms with Crippen molar-refractivity contribution in [2.75, 3.05) is 11.4 Å². The SMILES string of the molecule is CC(C)C1Oc2ccc([N+](=O)[O-])cc2N(CC(=O)OC2CCC(C(C)(C)C)CC2)C1=O. The van der Waals surface area contributed by atoms with Crippen LogP contribution in [0.5, 0.6) is 5.75 Å². The summed E-state index contributed by atoms with van der Waals surface area (Å²) in [6, 6.07) is 4.07. The van der Waals surface area contributed by atoms with E-state index in [-0.39, 0.29) is 35.4 Å². The number of ether oxygens (including phenoxy) is 2. The predicted octanol–water partition coefficient (Wildman–Crippen LogP) is 4.49. The molecule has 0 saturated heterocycles. The minimum absolute atomic E-state index is 0.123. The van der Waals surface area contributed by atoms with Crippen molar-refractivity contribution in [3.8, 4) is 5.75 Å². The van der Waals surface area contributed by atoms with Crippen LogP contribution in [0.3, 0.4) is 0 Å². The zero-order valence-electron chi connectivity index (χ0n) is 18.9. The van der Waals surface area contributed by atoms with Crippen molar-refractivity contribution in [3.05, 3.63) is 28.3 Å². The van der Waals surface area contributed by atoms with E-state index in [4.69, 9.17) is 9.47 Å². The molecule has 1 aliphatic carbocycles. The Morgan fingerprint density at radius 2 is 1.90 bits per heavy atom. The van der Waals surface area contributed by atoms with E-state index in [0.717, 1.165) is 25.7 Å². The van der Waals surface area contributed by atoms with E-state index >= 15 is 0 Å². The van der Waals surface area contributed by atoms with Crippen LogP contribution in [0.1, 0.15) is 60.3 Å². The summed E-state index contributed by atoms with van der Waals surface area (Å²) in [5.74, 6) is -0.0715. The highest BCUT2D eigenvalue weighted by atomic mass is 16.6. The van der Waals surface area contributed by atoms with Crippen molar-refractivity contribution in [1.29, 1.82) is 0 Å². The Hall–Kier alpha value is -2.64. The molecule has 2 aliphatic rings. The van der Waals surface area contributed by atoms with Gasteiger partial charge in [0, 0.05) is 12.1 Å². The van der Waals surface area contributed by atoms with Crippen LogP contribution in [-0.2, 0) is 14.3 Å². The number of nitrogens with zero attached hydrogens (tertiary/aromatic N) is 2. The number of carbonyl (C=O) groups excluding carboxylic acids is 2. The van der Waals surface area contributed by atoms with Crippen LogP contribution in [0, 0.1) is 27.4 Å². The van der Waals surface area contributed by atoms with Gasteiger partial charge in [0.25, 0.3) is 11.6 Å². The molecular formula is C23H32N2O6. The highest BCUT2D eigenvalue weighted by molar-refractivity contribution is 6.03. The topological polar surface area (TPSA) is 99.0 Å².